The molecule has 1 fully saturated rings. The summed E-state index contributed by atoms with van der Waals surface area (Å²) in [5.74, 6) is -0.426. The SMILES string of the molecule is CC(C)Nc1nc2c(nc1N1CCC(C(F)c3ccc(F)cc3F)CC1)CCN(C(C)O)C2. The Bertz CT molecular complexity index is 979. The fraction of sp³-hybridized carbons (Fsp3) is 0.583. The van der Waals surface area contributed by atoms with Crippen LogP contribution in [0.2, 0.25) is 0 Å². The minimum Gasteiger partial charge on any atom is -0.379 e. The van der Waals surface area contributed by atoms with Crippen molar-refractivity contribution in [2.45, 2.75) is 65.0 Å². The lowest BCUT2D eigenvalue weighted by atomic mass is 9.88. The minimum absolute atomic E-state index is 0.0757. The number of aliphatic hydroxyl groups excluding tert-OH is 1. The number of benzene rings is 1. The number of piperidine rings is 1. The van der Waals surface area contributed by atoms with Crippen molar-refractivity contribution in [1.82, 2.24) is 14.9 Å². The van der Waals surface area contributed by atoms with Crippen LogP contribution in [-0.2, 0) is 13.0 Å². The van der Waals surface area contributed by atoms with Gasteiger partial charge < -0.3 is 15.3 Å². The van der Waals surface area contributed by atoms with Gasteiger partial charge in [-0.05, 0) is 45.6 Å². The Morgan fingerprint density at radius 1 is 1.06 bits per heavy atom. The van der Waals surface area contributed by atoms with Crippen LogP contribution in [0.3, 0.4) is 0 Å². The quantitative estimate of drug-likeness (QED) is 0.670. The molecular formula is C24H32F3N5O. The molecule has 2 atom stereocenters. The van der Waals surface area contributed by atoms with Gasteiger partial charge in [-0.2, -0.15) is 0 Å². The minimum atomic E-state index is -1.47. The number of nitrogens with one attached hydrogen (secondary N) is 1. The Hall–Kier alpha value is -2.39. The number of hydrogen-bond donors (Lipinski definition) is 2. The molecule has 1 saturated heterocycles. The molecule has 0 spiro atoms. The summed E-state index contributed by atoms with van der Waals surface area (Å²) in [4.78, 5) is 13.9. The van der Waals surface area contributed by atoms with Gasteiger partial charge >= 0.3 is 0 Å². The molecule has 2 aromatic rings. The number of nitrogens with zero attached hydrogens (tertiary/aromatic N) is 4. The second-order valence-corrected chi connectivity index (χ2v) is 9.33. The summed E-state index contributed by atoms with van der Waals surface area (Å²) in [5, 5.41) is 13.3. The standard InChI is InChI=1S/C24H32F3N5O/c1-14(2)28-23-24(30-20-8-11-32(15(3)33)13-21(20)29-23)31-9-6-16(7-10-31)22(27)18-5-4-17(25)12-19(18)26/h4-5,12,14-16,22,33H,6-11,13H2,1-3H3,(H,28,29). The molecule has 2 aliphatic heterocycles. The second-order valence-electron chi connectivity index (χ2n) is 9.33. The molecular weight excluding hydrogens is 431 g/mol. The lowest BCUT2D eigenvalue weighted by Gasteiger charge is -2.36. The van der Waals surface area contributed by atoms with Crippen molar-refractivity contribution < 1.29 is 18.3 Å². The highest BCUT2D eigenvalue weighted by molar-refractivity contribution is 5.62. The first-order valence-electron chi connectivity index (χ1n) is 11.6. The van der Waals surface area contributed by atoms with Gasteiger partial charge in [-0.15, -0.1) is 0 Å². The van der Waals surface area contributed by atoms with Crippen LogP contribution < -0.4 is 10.2 Å². The summed E-state index contributed by atoms with van der Waals surface area (Å²) in [6.07, 6.45) is -0.238. The molecule has 180 valence electrons. The van der Waals surface area contributed by atoms with Crippen LogP contribution in [0.5, 0.6) is 0 Å². The highest BCUT2D eigenvalue weighted by Crippen LogP contribution is 2.37. The van der Waals surface area contributed by atoms with Crippen molar-refractivity contribution in [3.05, 3.63) is 46.8 Å². The van der Waals surface area contributed by atoms with E-state index < -0.39 is 24.0 Å². The summed E-state index contributed by atoms with van der Waals surface area (Å²) in [6, 6.07) is 3.20. The molecule has 0 bridgehead atoms. The van der Waals surface area contributed by atoms with Crippen LogP contribution in [0.4, 0.5) is 24.8 Å². The van der Waals surface area contributed by atoms with Gasteiger partial charge in [-0.3, -0.25) is 4.90 Å². The number of hydrogen-bond acceptors (Lipinski definition) is 6. The number of rotatable bonds is 6. The third-order valence-corrected chi connectivity index (χ3v) is 6.49. The summed E-state index contributed by atoms with van der Waals surface area (Å²) < 4.78 is 42.3. The molecule has 33 heavy (non-hydrogen) atoms. The van der Waals surface area contributed by atoms with Crippen LogP contribution in [-0.4, -0.2) is 51.9 Å². The number of anilines is 2. The van der Waals surface area contributed by atoms with E-state index in [4.69, 9.17) is 9.97 Å². The van der Waals surface area contributed by atoms with Gasteiger partial charge in [0.2, 0.25) is 0 Å². The molecule has 2 unspecified atom stereocenters. The maximum Gasteiger partial charge on any atom is 0.172 e. The highest BCUT2D eigenvalue weighted by atomic mass is 19.1. The molecule has 3 heterocycles. The highest BCUT2D eigenvalue weighted by Gasteiger charge is 2.32. The third-order valence-electron chi connectivity index (χ3n) is 6.49. The Morgan fingerprint density at radius 3 is 2.42 bits per heavy atom. The number of aromatic nitrogens is 2. The van der Waals surface area contributed by atoms with Crippen molar-refractivity contribution in [3.63, 3.8) is 0 Å². The van der Waals surface area contributed by atoms with E-state index in [1.54, 1.807) is 6.92 Å². The predicted octanol–water partition coefficient (Wildman–Crippen LogP) is 4.20. The average molecular weight is 464 g/mol. The second kappa shape index (κ2) is 9.85. The Morgan fingerprint density at radius 2 is 1.79 bits per heavy atom. The molecule has 2 aliphatic rings. The van der Waals surface area contributed by atoms with Crippen LogP contribution in [0.25, 0.3) is 0 Å². The van der Waals surface area contributed by atoms with Crippen LogP contribution in [0.15, 0.2) is 18.2 Å². The van der Waals surface area contributed by atoms with E-state index in [1.807, 2.05) is 18.7 Å². The summed E-state index contributed by atoms with van der Waals surface area (Å²) >= 11 is 0. The normalized spacial score (nSPS) is 19.5. The van der Waals surface area contributed by atoms with Gasteiger partial charge in [0.25, 0.3) is 0 Å². The topological polar surface area (TPSA) is 64.5 Å². The molecule has 0 saturated carbocycles. The van der Waals surface area contributed by atoms with Crippen LogP contribution >= 0.6 is 0 Å². The van der Waals surface area contributed by atoms with Crippen molar-refractivity contribution >= 4 is 11.6 Å². The average Bonchev–Trinajstić information content (AvgIpc) is 2.77. The van der Waals surface area contributed by atoms with Gasteiger partial charge in [0, 0.05) is 50.3 Å². The fourth-order valence-corrected chi connectivity index (χ4v) is 4.64. The maximum atomic E-state index is 15.1. The number of fused-ring (bicyclic) bond motifs is 1. The first-order chi connectivity index (χ1) is 15.7. The van der Waals surface area contributed by atoms with Crippen molar-refractivity contribution in [2.24, 2.45) is 5.92 Å². The van der Waals surface area contributed by atoms with E-state index in [9.17, 15) is 13.9 Å². The van der Waals surface area contributed by atoms with E-state index in [0.29, 0.717) is 51.3 Å². The van der Waals surface area contributed by atoms with E-state index in [2.05, 4.69) is 10.2 Å². The van der Waals surface area contributed by atoms with Crippen molar-refractivity contribution in [1.29, 1.82) is 0 Å². The predicted molar refractivity (Wildman–Crippen MR) is 122 cm³/mol. The lowest BCUT2D eigenvalue weighted by molar-refractivity contribution is 0.00771. The number of aliphatic hydroxyl groups is 1. The van der Waals surface area contributed by atoms with Crippen molar-refractivity contribution in [3.8, 4) is 0 Å². The fourth-order valence-electron chi connectivity index (χ4n) is 4.64. The zero-order valence-corrected chi connectivity index (χ0v) is 19.4. The lowest BCUT2D eigenvalue weighted by Crippen LogP contribution is -2.40. The van der Waals surface area contributed by atoms with E-state index in [1.165, 1.54) is 6.07 Å². The Labute approximate surface area is 192 Å². The monoisotopic (exact) mass is 463 g/mol. The molecule has 0 radical (unpaired) electrons. The molecule has 0 aliphatic carbocycles. The van der Waals surface area contributed by atoms with Crippen molar-refractivity contribution in [2.75, 3.05) is 29.9 Å². The van der Waals surface area contributed by atoms with Gasteiger partial charge in [0.1, 0.15) is 24.0 Å². The van der Waals surface area contributed by atoms with E-state index in [-0.39, 0.29) is 17.5 Å². The number of halogens is 3. The Kier molecular flexibility index (Phi) is 7.09. The number of alkyl halides is 1. The van der Waals surface area contributed by atoms with E-state index in [0.717, 1.165) is 29.3 Å². The molecule has 1 aromatic carbocycles. The van der Waals surface area contributed by atoms with E-state index >= 15 is 4.39 Å². The van der Waals surface area contributed by atoms with Gasteiger partial charge in [0.15, 0.2) is 11.6 Å². The summed E-state index contributed by atoms with van der Waals surface area (Å²) in [5.41, 5.74) is 1.71. The Balaban J connectivity index is 1.51. The molecule has 0 amide bonds. The molecule has 1 aromatic heterocycles. The molecule has 4 rings (SSSR count). The zero-order chi connectivity index (χ0) is 23.7. The summed E-state index contributed by atoms with van der Waals surface area (Å²) in [7, 11) is 0. The third kappa shape index (κ3) is 5.24. The smallest absolute Gasteiger partial charge is 0.172 e. The first-order valence-corrected chi connectivity index (χ1v) is 11.6. The molecule has 6 nitrogen and oxygen atoms in total. The molecule has 2 N–H and O–H groups in total. The van der Waals surface area contributed by atoms with Gasteiger partial charge in [0.05, 0.1) is 11.4 Å². The zero-order valence-electron chi connectivity index (χ0n) is 19.4. The largest absolute Gasteiger partial charge is 0.379 e. The first kappa shape index (κ1) is 23.8. The summed E-state index contributed by atoms with van der Waals surface area (Å²) in [6.45, 7) is 8.23. The van der Waals surface area contributed by atoms with Crippen LogP contribution in [0, 0.1) is 17.6 Å². The maximum absolute atomic E-state index is 15.1. The van der Waals surface area contributed by atoms with Crippen LogP contribution in [0.1, 0.15) is 56.7 Å². The van der Waals surface area contributed by atoms with Gasteiger partial charge in [-0.1, -0.05) is 6.07 Å². The molecule has 9 heteroatoms. The van der Waals surface area contributed by atoms with Gasteiger partial charge in [-0.25, -0.2) is 23.1 Å².